The molecule has 144 valence electrons. The van der Waals surface area contributed by atoms with Crippen LogP contribution in [0.2, 0.25) is 0 Å². The molecule has 1 aliphatic heterocycles. The number of nitrogens with zero attached hydrogens (tertiary/aromatic N) is 4. The number of fused-ring (bicyclic) bond motifs is 1. The second-order valence-electron chi connectivity index (χ2n) is 6.03. The fourth-order valence-electron chi connectivity index (χ4n) is 2.85. The molecule has 1 N–H and O–H groups in total. The van der Waals surface area contributed by atoms with Gasteiger partial charge in [0, 0.05) is 19.5 Å². The van der Waals surface area contributed by atoms with Crippen LogP contribution in [0.5, 0.6) is 0 Å². The van der Waals surface area contributed by atoms with Gasteiger partial charge in [0.25, 0.3) is 0 Å². The molecule has 0 saturated carbocycles. The Balaban J connectivity index is 1.80. The van der Waals surface area contributed by atoms with E-state index >= 15 is 0 Å². The highest BCUT2D eigenvalue weighted by molar-refractivity contribution is 7.99. The molecule has 0 aliphatic carbocycles. The van der Waals surface area contributed by atoms with Gasteiger partial charge >= 0.3 is 6.18 Å². The molecule has 1 aliphatic rings. The van der Waals surface area contributed by atoms with E-state index in [1.165, 1.54) is 11.9 Å². The number of nitrogens with one attached hydrogen (secondary N) is 1. The molecule has 1 unspecified atom stereocenters. The molecule has 3 rings (SSSR count). The van der Waals surface area contributed by atoms with Crippen LogP contribution in [0.15, 0.2) is 29.4 Å². The summed E-state index contributed by atoms with van der Waals surface area (Å²) in [5.74, 6) is -1.81. The SMILES string of the molecule is CC1CC(=O)Nc2ccccc2N1C(=O)CSc1nnc(C(F)(F)F)n1C. The number of thioether (sulfide) groups is 1. The Morgan fingerprint density at radius 2 is 2.04 bits per heavy atom. The first-order valence-electron chi connectivity index (χ1n) is 7.99. The molecule has 0 radical (unpaired) electrons. The lowest BCUT2D eigenvalue weighted by atomic mass is 10.2. The fourth-order valence-corrected chi connectivity index (χ4v) is 3.62. The lowest BCUT2D eigenvalue weighted by molar-refractivity contribution is -0.147. The molecule has 0 bridgehead atoms. The van der Waals surface area contributed by atoms with Crippen LogP contribution in [-0.4, -0.2) is 38.4 Å². The minimum atomic E-state index is -4.62. The van der Waals surface area contributed by atoms with Gasteiger partial charge < -0.3 is 14.8 Å². The summed E-state index contributed by atoms with van der Waals surface area (Å²) in [7, 11) is 1.20. The van der Waals surface area contributed by atoms with Crippen LogP contribution < -0.4 is 10.2 Å². The van der Waals surface area contributed by atoms with Crippen LogP contribution in [0.25, 0.3) is 0 Å². The maximum Gasteiger partial charge on any atom is 0.451 e. The van der Waals surface area contributed by atoms with E-state index in [1.807, 2.05) is 0 Å². The largest absolute Gasteiger partial charge is 0.451 e. The van der Waals surface area contributed by atoms with Gasteiger partial charge in [-0.3, -0.25) is 9.59 Å². The number of rotatable bonds is 3. The number of para-hydroxylation sites is 2. The van der Waals surface area contributed by atoms with Gasteiger partial charge in [-0.1, -0.05) is 23.9 Å². The fraction of sp³-hybridized carbons (Fsp3) is 0.375. The molecule has 0 spiro atoms. The molecular formula is C16H16F3N5O2S. The zero-order valence-corrected chi connectivity index (χ0v) is 15.3. The Kier molecular flexibility index (Phi) is 5.13. The molecular weight excluding hydrogens is 383 g/mol. The van der Waals surface area contributed by atoms with Crippen LogP contribution in [0.1, 0.15) is 19.2 Å². The van der Waals surface area contributed by atoms with E-state index in [0.717, 1.165) is 16.3 Å². The van der Waals surface area contributed by atoms with Gasteiger partial charge in [-0.2, -0.15) is 13.2 Å². The van der Waals surface area contributed by atoms with Crippen molar-refractivity contribution in [2.75, 3.05) is 16.0 Å². The molecule has 1 aromatic heterocycles. The number of halogens is 3. The van der Waals surface area contributed by atoms with Crippen LogP contribution in [0.4, 0.5) is 24.5 Å². The van der Waals surface area contributed by atoms with Gasteiger partial charge in [-0.15, -0.1) is 10.2 Å². The number of hydrogen-bond donors (Lipinski definition) is 1. The lowest BCUT2D eigenvalue weighted by Crippen LogP contribution is -2.40. The monoisotopic (exact) mass is 399 g/mol. The molecule has 7 nitrogen and oxygen atoms in total. The Morgan fingerprint density at radius 1 is 1.33 bits per heavy atom. The summed E-state index contributed by atoms with van der Waals surface area (Å²) in [4.78, 5) is 26.3. The molecule has 27 heavy (non-hydrogen) atoms. The van der Waals surface area contributed by atoms with Gasteiger partial charge in [0.2, 0.25) is 17.6 Å². The number of benzene rings is 1. The lowest BCUT2D eigenvalue weighted by Gasteiger charge is -2.27. The predicted octanol–water partition coefficient (Wildman–Crippen LogP) is 2.69. The van der Waals surface area contributed by atoms with E-state index < -0.39 is 18.0 Å². The minimum absolute atomic E-state index is 0.0133. The molecule has 2 heterocycles. The van der Waals surface area contributed by atoms with Gasteiger partial charge in [-0.05, 0) is 19.1 Å². The summed E-state index contributed by atoms with van der Waals surface area (Å²) in [6.45, 7) is 1.74. The first kappa shape index (κ1) is 19.2. The van der Waals surface area contributed by atoms with E-state index in [4.69, 9.17) is 0 Å². The van der Waals surface area contributed by atoms with E-state index in [0.29, 0.717) is 11.4 Å². The average Bonchev–Trinajstić information content (AvgIpc) is 2.89. The number of carbonyl (C=O) groups excluding carboxylic acids is 2. The number of hydrogen-bond acceptors (Lipinski definition) is 5. The Bertz CT molecular complexity index is 883. The molecule has 1 aromatic carbocycles. The van der Waals surface area contributed by atoms with Gasteiger partial charge in [0.1, 0.15) is 0 Å². The van der Waals surface area contributed by atoms with Crippen molar-refractivity contribution in [3.63, 3.8) is 0 Å². The zero-order chi connectivity index (χ0) is 19.8. The second-order valence-corrected chi connectivity index (χ2v) is 6.98. The molecule has 2 amide bonds. The summed E-state index contributed by atoms with van der Waals surface area (Å²) < 4.78 is 39.2. The van der Waals surface area contributed by atoms with Crippen LogP contribution in [-0.2, 0) is 22.8 Å². The van der Waals surface area contributed by atoms with E-state index in [-0.39, 0.29) is 29.1 Å². The van der Waals surface area contributed by atoms with E-state index in [1.54, 1.807) is 31.2 Å². The number of carbonyl (C=O) groups is 2. The van der Waals surface area contributed by atoms with Crippen LogP contribution >= 0.6 is 11.8 Å². The van der Waals surface area contributed by atoms with Crippen molar-refractivity contribution in [3.05, 3.63) is 30.1 Å². The van der Waals surface area contributed by atoms with Crippen molar-refractivity contribution < 1.29 is 22.8 Å². The smallest absolute Gasteiger partial charge is 0.324 e. The highest BCUT2D eigenvalue weighted by Crippen LogP contribution is 2.33. The first-order chi connectivity index (χ1) is 12.7. The molecule has 0 fully saturated rings. The number of alkyl halides is 3. The maximum absolute atomic E-state index is 12.8. The summed E-state index contributed by atoms with van der Waals surface area (Å²) in [5.41, 5.74) is 1.07. The van der Waals surface area contributed by atoms with Crippen LogP contribution in [0.3, 0.4) is 0 Å². The summed E-state index contributed by atoms with van der Waals surface area (Å²) in [5, 5.41) is 9.39. The number of aromatic nitrogens is 3. The predicted molar refractivity (Wildman–Crippen MR) is 93.4 cm³/mol. The van der Waals surface area contributed by atoms with Gasteiger partial charge in [0.05, 0.1) is 17.1 Å². The summed E-state index contributed by atoms with van der Waals surface area (Å²) in [6, 6.07) is 6.49. The summed E-state index contributed by atoms with van der Waals surface area (Å²) in [6.07, 6.45) is -4.50. The normalized spacial score (nSPS) is 17.3. The Morgan fingerprint density at radius 3 is 2.70 bits per heavy atom. The number of amides is 2. The average molecular weight is 399 g/mol. The van der Waals surface area contributed by atoms with E-state index in [2.05, 4.69) is 15.5 Å². The maximum atomic E-state index is 12.8. The molecule has 2 aromatic rings. The van der Waals surface area contributed by atoms with Crippen molar-refractivity contribution in [2.45, 2.75) is 30.7 Å². The van der Waals surface area contributed by atoms with Crippen molar-refractivity contribution >= 4 is 35.0 Å². The highest BCUT2D eigenvalue weighted by Gasteiger charge is 2.38. The zero-order valence-electron chi connectivity index (χ0n) is 14.4. The van der Waals surface area contributed by atoms with Gasteiger partial charge in [-0.25, -0.2) is 0 Å². The number of anilines is 2. The molecule has 11 heteroatoms. The topological polar surface area (TPSA) is 80.1 Å². The Labute approximate surface area is 156 Å². The Hall–Kier alpha value is -2.56. The van der Waals surface area contributed by atoms with Crippen molar-refractivity contribution in [1.29, 1.82) is 0 Å². The third kappa shape index (κ3) is 3.92. The van der Waals surface area contributed by atoms with Gasteiger partial charge in [0.15, 0.2) is 5.16 Å². The third-order valence-corrected chi connectivity index (χ3v) is 5.05. The van der Waals surface area contributed by atoms with E-state index in [9.17, 15) is 22.8 Å². The third-order valence-electron chi connectivity index (χ3n) is 4.04. The minimum Gasteiger partial charge on any atom is -0.324 e. The van der Waals surface area contributed by atoms with Crippen molar-refractivity contribution in [3.8, 4) is 0 Å². The van der Waals surface area contributed by atoms with Crippen molar-refractivity contribution in [2.24, 2.45) is 7.05 Å². The molecule has 0 saturated heterocycles. The van der Waals surface area contributed by atoms with Crippen LogP contribution in [0, 0.1) is 0 Å². The van der Waals surface area contributed by atoms with Crippen molar-refractivity contribution in [1.82, 2.24) is 14.8 Å². The second kappa shape index (κ2) is 7.22. The summed E-state index contributed by atoms with van der Waals surface area (Å²) >= 11 is 0.863. The first-order valence-corrected chi connectivity index (χ1v) is 8.97. The quantitative estimate of drug-likeness (QED) is 0.803. The molecule has 1 atom stereocenters. The highest BCUT2D eigenvalue weighted by atomic mass is 32.2. The standard InChI is InChI=1S/C16H16F3N5O2S/c1-9-7-12(25)20-10-5-3-4-6-11(10)24(9)13(26)8-27-15-22-21-14(23(15)2)16(17,18)19/h3-6,9H,7-8H2,1-2H3,(H,20,25).